The van der Waals surface area contributed by atoms with E-state index in [1.165, 1.54) is 0 Å². The highest BCUT2D eigenvalue weighted by Gasteiger charge is 2.18. The van der Waals surface area contributed by atoms with Crippen molar-refractivity contribution in [2.75, 3.05) is 27.2 Å². The summed E-state index contributed by atoms with van der Waals surface area (Å²) in [4.78, 5) is 18.0. The summed E-state index contributed by atoms with van der Waals surface area (Å²) in [6.45, 7) is 1.06. The molecular formula is C19H20ClN3O3. The molecule has 0 saturated heterocycles. The summed E-state index contributed by atoms with van der Waals surface area (Å²) in [7, 11) is 3.94. The Balaban J connectivity index is 2.10. The fraction of sp³-hybridized carbons (Fsp3) is 0.263. The number of carbonyl (C=O) groups is 1. The van der Waals surface area contributed by atoms with Gasteiger partial charge < -0.3 is 19.3 Å². The molecule has 3 aromatic rings. The van der Waals surface area contributed by atoms with E-state index in [4.69, 9.17) is 16.3 Å². The van der Waals surface area contributed by atoms with Crippen LogP contribution in [0.15, 0.2) is 42.5 Å². The van der Waals surface area contributed by atoms with Gasteiger partial charge in [0.25, 0.3) is 0 Å². The largest absolute Gasteiger partial charge is 0.491 e. The molecule has 136 valence electrons. The van der Waals surface area contributed by atoms with Gasteiger partial charge in [-0.15, -0.1) is 0 Å². The molecule has 0 saturated carbocycles. The van der Waals surface area contributed by atoms with E-state index in [0.717, 1.165) is 17.6 Å². The summed E-state index contributed by atoms with van der Waals surface area (Å²) >= 11 is 6.19. The van der Waals surface area contributed by atoms with Crippen molar-refractivity contribution in [2.24, 2.45) is 0 Å². The number of hydrogen-bond acceptors (Lipinski definition) is 4. The van der Waals surface area contributed by atoms with Crippen molar-refractivity contribution in [1.82, 2.24) is 14.5 Å². The second kappa shape index (κ2) is 7.76. The van der Waals surface area contributed by atoms with E-state index >= 15 is 0 Å². The van der Waals surface area contributed by atoms with E-state index in [-0.39, 0.29) is 6.54 Å². The Labute approximate surface area is 156 Å². The summed E-state index contributed by atoms with van der Waals surface area (Å²) in [5, 5.41) is 9.87. The molecule has 0 radical (unpaired) electrons. The maximum Gasteiger partial charge on any atom is 0.323 e. The van der Waals surface area contributed by atoms with Crippen LogP contribution >= 0.6 is 11.6 Å². The Morgan fingerprint density at radius 2 is 2.04 bits per heavy atom. The van der Waals surface area contributed by atoms with Crippen LogP contribution in [-0.4, -0.2) is 52.8 Å². The molecule has 0 aliphatic carbocycles. The standard InChI is InChI=1S/C19H20ClN3O3/c1-22(2)9-10-26-17-8-7-13(20)11-14(17)19-21-15-5-3-4-6-16(15)23(19)12-18(24)25/h3-8,11H,9-10,12H2,1-2H3,(H,24,25). The number of carboxylic acid groups (broad SMARTS) is 1. The van der Waals surface area contributed by atoms with Crippen LogP contribution in [0.5, 0.6) is 5.75 Å². The molecule has 0 unspecified atom stereocenters. The Kier molecular flexibility index (Phi) is 5.44. The van der Waals surface area contributed by atoms with Crippen LogP contribution in [0.1, 0.15) is 0 Å². The molecule has 26 heavy (non-hydrogen) atoms. The van der Waals surface area contributed by atoms with E-state index in [0.29, 0.717) is 28.8 Å². The lowest BCUT2D eigenvalue weighted by Crippen LogP contribution is -2.19. The highest BCUT2D eigenvalue weighted by atomic mass is 35.5. The minimum Gasteiger partial charge on any atom is -0.491 e. The number of imidazole rings is 1. The third kappa shape index (κ3) is 3.98. The van der Waals surface area contributed by atoms with E-state index in [1.807, 2.05) is 43.3 Å². The molecule has 7 heteroatoms. The van der Waals surface area contributed by atoms with Crippen LogP contribution in [0.4, 0.5) is 0 Å². The molecule has 0 fully saturated rings. The Hall–Kier alpha value is -2.57. The third-order valence-corrected chi connectivity index (χ3v) is 4.16. The van der Waals surface area contributed by atoms with Crippen molar-refractivity contribution in [1.29, 1.82) is 0 Å². The number of ether oxygens (including phenoxy) is 1. The monoisotopic (exact) mass is 373 g/mol. The number of para-hydroxylation sites is 2. The molecule has 1 heterocycles. The van der Waals surface area contributed by atoms with E-state index in [9.17, 15) is 9.90 Å². The predicted octanol–water partition coefficient (Wildman–Crippen LogP) is 3.38. The van der Waals surface area contributed by atoms with Gasteiger partial charge >= 0.3 is 5.97 Å². The maximum atomic E-state index is 11.4. The zero-order valence-corrected chi connectivity index (χ0v) is 15.4. The normalized spacial score (nSPS) is 11.2. The molecule has 3 rings (SSSR count). The van der Waals surface area contributed by atoms with E-state index in [2.05, 4.69) is 4.98 Å². The molecule has 1 aromatic heterocycles. The zero-order valence-electron chi connectivity index (χ0n) is 14.6. The lowest BCUT2D eigenvalue weighted by Gasteiger charge is -2.15. The van der Waals surface area contributed by atoms with Crippen LogP contribution in [0.3, 0.4) is 0 Å². The van der Waals surface area contributed by atoms with Gasteiger partial charge in [-0.25, -0.2) is 4.98 Å². The van der Waals surface area contributed by atoms with Gasteiger partial charge in [0.05, 0.1) is 16.6 Å². The quantitative estimate of drug-likeness (QED) is 0.687. The lowest BCUT2D eigenvalue weighted by molar-refractivity contribution is -0.137. The topological polar surface area (TPSA) is 67.6 Å². The number of rotatable bonds is 7. The summed E-state index contributed by atoms with van der Waals surface area (Å²) in [5.74, 6) is 0.209. The van der Waals surface area contributed by atoms with Gasteiger partial charge in [0.2, 0.25) is 0 Å². The zero-order chi connectivity index (χ0) is 18.7. The molecule has 6 nitrogen and oxygen atoms in total. The number of benzene rings is 2. The number of likely N-dealkylation sites (N-methyl/N-ethyl adjacent to an activating group) is 1. The van der Waals surface area contributed by atoms with Gasteiger partial charge in [0.15, 0.2) is 0 Å². The van der Waals surface area contributed by atoms with Crippen LogP contribution < -0.4 is 4.74 Å². The highest BCUT2D eigenvalue weighted by molar-refractivity contribution is 6.31. The minimum atomic E-state index is -0.938. The van der Waals surface area contributed by atoms with E-state index in [1.54, 1.807) is 22.8 Å². The average molecular weight is 374 g/mol. The summed E-state index contributed by atoms with van der Waals surface area (Å²) in [5.41, 5.74) is 2.15. The molecule has 0 atom stereocenters. The number of nitrogens with zero attached hydrogens (tertiary/aromatic N) is 3. The summed E-state index contributed by atoms with van der Waals surface area (Å²) < 4.78 is 7.58. The fourth-order valence-corrected chi connectivity index (χ4v) is 2.89. The smallest absolute Gasteiger partial charge is 0.323 e. The van der Waals surface area contributed by atoms with Crippen molar-refractivity contribution in [2.45, 2.75) is 6.54 Å². The Morgan fingerprint density at radius 1 is 1.27 bits per heavy atom. The van der Waals surface area contributed by atoms with Gasteiger partial charge in [-0.1, -0.05) is 23.7 Å². The molecule has 0 amide bonds. The first-order valence-corrected chi connectivity index (χ1v) is 8.58. The number of fused-ring (bicyclic) bond motifs is 1. The molecule has 0 bridgehead atoms. The Bertz CT molecular complexity index is 937. The van der Waals surface area contributed by atoms with Gasteiger partial charge in [0, 0.05) is 11.6 Å². The number of hydrogen-bond donors (Lipinski definition) is 1. The summed E-state index contributed by atoms with van der Waals surface area (Å²) in [6, 6.07) is 12.7. The first-order chi connectivity index (χ1) is 12.5. The number of aromatic nitrogens is 2. The first kappa shape index (κ1) is 18.2. The molecule has 0 aliphatic heterocycles. The van der Waals surface area contributed by atoms with Gasteiger partial charge in [0.1, 0.15) is 24.7 Å². The van der Waals surface area contributed by atoms with Gasteiger partial charge in [-0.3, -0.25) is 4.79 Å². The number of aliphatic carboxylic acids is 1. The van der Waals surface area contributed by atoms with Crippen molar-refractivity contribution in [3.8, 4) is 17.1 Å². The lowest BCUT2D eigenvalue weighted by atomic mass is 10.2. The van der Waals surface area contributed by atoms with E-state index < -0.39 is 5.97 Å². The predicted molar refractivity (Wildman–Crippen MR) is 102 cm³/mol. The molecular weight excluding hydrogens is 354 g/mol. The Morgan fingerprint density at radius 3 is 2.77 bits per heavy atom. The minimum absolute atomic E-state index is 0.195. The van der Waals surface area contributed by atoms with Crippen molar-refractivity contribution in [3.63, 3.8) is 0 Å². The molecule has 1 N–H and O–H groups in total. The van der Waals surface area contributed by atoms with Crippen molar-refractivity contribution < 1.29 is 14.6 Å². The first-order valence-electron chi connectivity index (χ1n) is 8.20. The molecule has 0 spiro atoms. The van der Waals surface area contributed by atoms with Gasteiger partial charge in [-0.2, -0.15) is 0 Å². The average Bonchev–Trinajstić information content (AvgIpc) is 2.94. The van der Waals surface area contributed by atoms with Crippen molar-refractivity contribution in [3.05, 3.63) is 47.5 Å². The SMILES string of the molecule is CN(C)CCOc1ccc(Cl)cc1-c1nc2ccccc2n1CC(=O)O. The summed E-state index contributed by atoms with van der Waals surface area (Å²) in [6.07, 6.45) is 0. The second-order valence-electron chi connectivity index (χ2n) is 6.20. The van der Waals surface area contributed by atoms with Crippen LogP contribution in [0.25, 0.3) is 22.4 Å². The third-order valence-electron chi connectivity index (χ3n) is 3.93. The fourth-order valence-electron chi connectivity index (χ4n) is 2.72. The highest BCUT2D eigenvalue weighted by Crippen LogP contribution is 2.34. The number of carboxylic acids is 1. The van der Waals surface area contributed by atoms with Crippen molar-refractivity contribution >= 4 is 28.6 Å². The van der Waals surface area contributed by atoms with Crippen LogP contribution in [0, 0.1) is 0 Å². The second-order valence-corrected chi connectivity index (χ2v) is 6.63. The van der Waals surface area contributed by atoms with Crippen LogP contribution in [0.2, 0.25) is 5.02 Å². The molecule has 0 aliphatic rings. The van der Waals surface area contributed by atoms with Gasteiger partial charge in [-0.05, 0) is 44.4 Å². The number of halogens is 1. The molecule has 2 aromatic carbocycles. The van der Waals surface area contributed by atoms with Crippen LogP contribution in [-0.2, 0) is 11.3 Å². The maximum absolute atomic E-state index is 11.4.